The molecule has 0 unspecified atom stereocenters. The molecule has 2 N–H and O–H groups in total. The van der Waals surface area contributed by atoms with Crippen LogP contribution in [0.15, 0.2) is 24.3 Å². The number of carbonyl (C=O) groups is 2. The van der Waals surface area contributed by atoms with E-state index in [0.29, 0.717) is 24.4 Å². The van der Waals surface area contributed by atoms with Crippen molar-refractivity contribution in [2.75, 3.05) is 6.54 Å². The van der Waals surface area contributed by atoms with Gasteiger partial charge in [0.25, 0.3) is 0 Å². The molecule has 1 amide bonds. The molecule has 0 atom stereocenters. The Labute approximate surface area is 135 Å². The molecule has 120 valence electrons. The molecule has 0 heterocycles. The van der Waals surface area contributed by atoms with E-state index in [1.54, 1.807) is 0 Å². The number of nitrogens with one attached hydrogen (secondary N) is 1. The molecule has 0 spiro atoms. The molecule has 0 radical (unpaired) electrons. The summed E-state index contributed by atoms with van der Waals surface area (Å²) in [6, 6.07) is 7.56. The number of benzene rings is 1. The molecule has 2 rings (SSSR count). The summed E-state index contributed by atoms with van der Waals surface area (Å²) in [6.07, 6.45) is 5.18. The summed E-state index contributed by atoms with van der Waals surface area (Å²) >= 11 is 6.08. The number of aliphatic carboxylic acids is 1. The van der Waals surface area contributed by atoms with Crippen molar-refractivity contribution in [3.63, 3.8) is 0 Å². The van der Waals surface area contributed by atoms with Gasteiger partial charge in [0.1, 0.15) is 0 Å². The average molecular weight is 324 g/mol. The lowest BCUT2D eigenvalue weighted by Gasteiger charge is -2.28. The minimum atomic E-state index is -0.794. The number of carboxylic acids is 1. The van der Waals surface area contributed by atoms with E-state index in [9.17, 15) is 9.59 Å². The van der Waals surface area contributed by atoms with Gasteiger partial charge in [-0.25, -0.2) is 0 Å². The first-order valence-corrected chi connectivity index (χ1v) is 8.18. The van der Waals surface area contributed by atoms with Crippen LogP contribution in [0.4, 0.5) is 0 Å². The van der Waals surface area contributed by atoms with Gasteiger partial charge in [0.05, 0.1) is 5.41 Å². The molecule has 22 heavy (non-hydrogen) atoms. The molecule has 1 aromatic carbocycles. The number of rotatable bonds is 7. The Morgan fingerprint density at radius 1 is 1.23 bits per heavy atom. The number of hydrogen-bond donors (Lipinski definition) is 2. The molecular weight excluding hydrogens is 302 g/mol. The van der Waals surface area contributed by atoms with Crippen LogP contribution >= 0.6 is 11.6 Å². The van der Waals surface area contributed by atoms with Crippen LogP contribution in [-0.2, 0) is 15.0 Å². The van der Waals surface area contributed by atoms with Crippen LogP contribution in [0.1, 0.15) is 50.5 Å². The van der Waals surface area contributed by atoms with Crippen molar-refractivity contribution in [1.29, 1.82) is 0 Å². The number of halogens is 1. The molecule has 1 fully saturated rings. The minimum Gasteiger partial charge on any atom is -0.481 e. The van der Waals surface area contributed by atoms with E-state index >= 15 is 0 Å². The molecule has 0 bridgehead atoms. The zero-order valence-corrected chi connectivity index (χ0v) is 13.4. The monoisotopic (exact) mass is 323 g/mol. The van der Waals surface area contributed by atoms with E-state index in [1.807, 2.05) is 24.3 Å². The van der Waals surface area contributed by atoms with Crippen LogP contribution in [0.3, 0.4) is 0 Å². The Kier molecular flexibility index (Phi) is 5.83. The fourth-order valence-electron chi connectivity index (χ4n) is 3.18. The van der Waals surface area contributed by atoms with Crippen molar-refractivity contribution in [3.05, 3.63) is 34.9 Å². The molecule has 1 aliphatic carbocycles. The molecule has 1 aliphatic rings. The van der Waals surface area contributed by atoms with E-state index in [-0.39, 0.29) is 12.3 Å². The molecule has 1 aromatic rings. The van der Waals surface area contributed by atoms with Crippen molar-refractivity contribution < 1.29 is 14.7 Å². The molecule has 5 heteroatoms. The second kappa shape index (κ2) is 7.63. The Balaban J connectivity index is 1.98. The zero-order chi connectivity index (χ0) is 16.0. The second-order valence-corrected chi connectivity index (χ2v) is 6.34. The summed E-state index contributed by atoms with van der Waals surface area (Å²) in [5.74, 6) is -0.750. The van der Waals surface area contributed by atoms with Crippen LogP contribution in [-0.4, -0.2) is 23.5 Å². The van der Waals surface area contributed by atoms with Crippen LogP contribution < -0.4 is 5.32 Å². The maximum Gasteiger partial charge on any atom is 0.303 e. The van der Waals surface area contributed by atoms with Crippen LogP contribution in [0, 0.1) is 0 Å². The Bertz CT molecular complexity index is 538. The van der Waals surface area contributed by atoms with E-state index in [4.69, 9.17) is 16.7 Å². The maximum absolute atomic E-state index is 12.7. The minimum absolute atomic E-state index is 0.0441. The number of amides is 1. The highest BCUT2D eigenvalue weighted by atomic mass is 35.5. The van der Waals surface area contributed by atoms with Crippen molar-refractivity contribution in [2.24, 2.45) is 0 Å². The van der Waals surface area contributed by atoms with Crippen LogP contribution in [0.25, 0.3) is 0 Å². The lowest BCUT2D eigenvalue weighted by Crippen LogP contribution is -2.43. The van der Waals surface area contributed by atoms with Gasteiger partial charge in [-0.1, -0.05) is 36.6 Å². The van der Waals surface area contributed by atoms with Gasteiger partial charge in [-0.2, -0.15) is 0 Å². The fourth-order valence-corrected chi connectivity index (χ4v) is 3.37. The van der Waals surface area contributed by atoms with E-state index < -0.39 is 11.4 Å². The third-order valence-corrected chi connectivity index (χ3v) is 4.61. The van der Waals surface area contributed by atoms with Gasteiger partial charge in [-0.05, 0) is 43.4 Å². The second-order valence-electron chi connectivity index (χ2n) is 5.91. The summed E-state index contributed by atoms with van der Waals surface area (Å²) < 4.78 is 0. The highest BCUT2D eigenvalue weighted by molar-refractivity contribution is 6.30. The predicted octanol–water partition coefficient (Wildman–Crippen LogP) is 3.52. The highest BCUT2D eigenvalue weighted by Gasteiger charge is 2.42. The number of unbranched alkanes of at least 4 members (excludes halogenated alkanes) is 1. The summed E-state index contributed by atoms with van der Waals surface area (Å²) in [7, 11) is 0. The van der Waals surface area contributed by atoms with Gasteiger partial charge >= 0.3 is 5.97 Å². The Hall–Kier alpha value is -1.55. The normalized spacial score (nSPS) is 16.4. The first kappa shape index (κ1) is 16.8. The summed E-state index contributed by atoms with van der Waals surface area (Å²) in [5.41, 5.74) is 0.512. The van der Waals surface area contributed by atoms with Gasteiger partial charge in [0.2, 0.25) is 5.91 Å². The largest absolute Gasteiger partial charge is 0.481 e. The summed E-state index contributed by atoms with van der Waals surface area (Å²) in [4.78, 5) is 23.2. The van der Waals surface area contributed by atoms with Gasteiger partial charge in [-0.3, -0.25) is 9.59 Å². The lowest BCUT2D eigenvalue weighted by molar-refractivity contribution is -0.137. The van der Waals surface area contributed by atoms with Crippen molar-refractivity contribution in [3.8, 4) is 0 Å². The Morgan fingerprint density at radius 3 is 2.59 bits per heavy atom. The fraction of sp³-hybridized carbons (Fsp3) is 0.529. The zero-order valence-electron chi connectivity index (χ0n) is 12.6. The highest BCUT2D eigenvalue weighted by Crippen LogP contribution is 2.42. The van der Waals surface area contributed by atoms with Crippen LogP contribution in [0.2, 0.25) is 5.02 Å². The van der Waals surface area contributed by atoms with Crippen molar-refractivity contribution in [1.82, 2.24) is 5.32 Å². The van der Waals surface area contributed by atoms with Gasteiger partial charge < -0.3 is 10.4 Å². The number of hydrogen-bond acceptors (Lipinski definition) is 2. The smallest absolute Gasteiger partial charge is 0.303 e. The topological polar surface area (TPSA) is 66.4 Å². The third kappa shape index (κ3) is 4.01. The van der Waals surface area contributed by atoms with Crippen molar-refractivity contribution >= 4 is 23.5 Å². The third-order valence-electron chi connectivity index (χ3n) is 4.37. The molecule has 0 aromatic heterocycles. The first-order valence-electron chi connectivity index (χ1n) is 7.81. The molecular formula is C17H22ClNO3. The Morgan fingerprint density at radius 2 is 1.95 bits per heavy atom. The maximum atomic E-state index is 12.7. The quantitative estimate of drug-likeness (QED) is 0.754. The van der Waals surface area contributed by atoms with Gasteiger partial charge in [0.15, 0.2) is 0 Å². The summed E-state index contributed by atoms with van der Waals surface area (Å²) in [6.45, 7) is 0.522. The van der Waals surface area contributed by atoms with Gasteiger partial charge in [0, 0.05) is 18.0 Å². The van der Waals surface area contributed by atoms with Crippen LogP contribution in [0.5, 0.6) is 0 Å². The SMILES string of the molecule is O=C(O)CCCCNC(=O)C1(c2cccc(Cl)c2)CCCC1. The van der Waals surface area contributed by atoms with E-state index in [0.717, 1.165) is 31.2 Å². The predicted molar refractivity (Wildman–Crippen MR) is 86.1 cm³/mol. The molecule has 0 aliphatic heterocycles. The molecule has 0 saturated heterocycles. The van der Waals surface area contributed by atoms with Crippen molar-refractivity contribution in [2.45, 2.75) is 50.4 Å². The number of carboxylic acid groups (broad SMARTS) is 1. The summed E-state index contributed by atoms with van der Waals surface area (Å²) in [5, 5.41) is 12.2. The van der Waals surface area contributed by atoms with E-state index in [1.165, 1.54) is 0 Å². The first-order chi connectivity index (χ1) is 10.5. The lowest BCUT2D eigenvalue weighted by atomic mass is 9.78. The van der Waals surface area contributed by atoms with Gasteiger partial charge in [-0.15, -0.1) is 0 Å². The number of carbonyl (C=O) groups excluding carboxylic acids is 1. The molecule has 1 saturated carbocycles. The molecule has 4 nitrogen and oxygen atoms in total. The van der Waals surface area contributed by atoms with E-state index in [2.05, 4.69) is 5.32 Å². The standard InChI is InChI=1S/C17H22ClNO3/c18-14-7-5-6-13(12-14)17(9-2-3-10-17)16(22)19-11-4-1-8-15(20)21/h5-7,12H,1-4,8-11H2,(H,19,22)(H,20,21). The average Bonchev–Trinajstić information content (AvgIpc) is 2.97.